The molecule has 0 radical (unpaired) electrons. The summed E-state index contributed by atoms with van der Waals surface area (Å²) in [6, 6.07) is 9.81. The average Bonchev–Trinajstić information content (AvgIpc) is 2.99. The number of alkyl halides is 1. The molecule has 0 N–H and O–H groups in total. The minimum atomic E-state index is -0.666. The fourth-order valence-electron chi connectivity index (χ4n) is 3.26. The first-order valence-electron chi connectivity index (χ1n) is 7.50. The maximum absolute atomic E-state index is 6.12. The van der Waals surface area contributed by atoms with E-state index in [9.17, 15) is 0 Å². The number of benzene rings is 1. The number of hydrogen-bond donors (Lipinski definition) is 0. The van der Waals surface area contributed by atoms with Gasteiger partial charge in [-0.05, 0) is 13.8 Å². The first-order chi connectivity index (χ1) is 10.6. The number of rotatable bonds is 2. The van der Waals surface area contributed by atoms with Gasteiger partial charge in [0.2, 0.25) is 0 Å². The van der Waals surface area contributed by atoms with Crippen LogP contribution >= 0.6 is 11.6 Å². The number of halogens is 1. The zero-order chi connectivity index (χ0) is 15.3. The van der Waals surface area contributed by atoms with E-state index in [2.05, 4.69) is 0 Å². The fourth-order valence-corrected chi connectivity index (χ4v) is 3.51. The van der Waals surface area contributed by atoms with E-state index in [1.54, 1.807) is 0 Å². The molecule has 4 rings (SSSR count). The molecule has 120 valence electrons. The van der Waals surface area contributed by atoms with Gasteiger partial charge in [-0.1, -0.05) is 30.3 Å². The van der Waals surface area contributed by atoms with Crippen molar-refractivity contribution in [2.24, 2.45) is 0 Å². The molecule has 3 fully saturated rings. The van der Waals surface area contributed by atoms with Crippen molar-refractivity contribution in [1.29, 1.82) is 0 Å². The monoisotopic (exact) mass is 326 g/mol. The van der Waals surface area contributed by atoms with Crippen molar-refractivity contribution in [3.05, 3.63) is 35.9 Å². The van der Waals surface area contributed by atoms with E-state index in [-0.39, 0.29) is 24.4 Å². The van der Waals surface area contributed by atoms with Crippen LogP contribution in [0.1, 0.15) is 25.7 Å². The molecule has 0 aliphatic carbocycles. The van der Waals surface area contributed by atoms with E-state index in [4.69, 9.17) is 35.3 Å². The molecule has 0 bridgehead atoms. The Bertz CT molecular complexity index is 537. The van der Waals surface area contributed by atoms with Crippen molar-refractivity contribution >= 4 is 11.6 Å². The third-order valence-corrected chi connectivity index (χ3v) is 4.50. The van der Waals surface area contributed by atoms with Crippen LogP contribution in [0.5, 0.6) is 0 Å². The summed E-state index contributed by atoms with van der Waals surface area (Å²) in [6.45, 7) is 3.74. The average molecular weight is 327 g/mol. The minimum absolute atomic E-state index is 0.255. The minimum Gasteiger partial charge on any atom is -0.341 e. The van der Waals surface area contributed by atoms with Gasteiger partial charge in [0.1, 0.15) is 24.4 Å². The van der Waals surface area contributed by atoms with Gasteiger partial charge in [0.25, 0.3) is 0 Å². The molecule has 0 aromatic heterocycles. The molecule has 0 amide bonds. The van der Waals surface area contributed by atoms with Gasteiger partial charge in [0.05, 0.1) is 5.88 Å². The van der Waals surface area contributed by atoms with Crippen molar-refractivity contribution in [1.82, 2.24) is 0 Å². The lowest BCUT2D eigenvalue weighted by Crippen LogP contribution is -2.50. The molecule has 3 aliphatic heterocycles. The standard InChI is InChI=1S/C16H19ClO5/c1-16(2)21-13-12-11(19-15(13)22-16)10(8-17)18-14(20-12)9-6-4-3-5-7-9/h3-7,10-15H,8H2,1-2H3/t10-,11-,12+,13-,14?,15-/m1/s1. The summed E-state index contributed by atoms with van der Waals surface area (Å²) in [7, 11) is 0. The predicted octanol–water partition coefficient (Wildman–Crippen LogP) is 2.58. The molecule has 6 heteroatoms. The quantitative estimate of drug-likeness (QED) is 0.782. The lowest BCUT2D eigenvalue weighted by atomic mass is 10.0. The van der Waals surface area contributed by atoms with Gasteiger partial charge in [0, 0.05) is 5.56 Å². The zero-order valence-corrected chi connectivity index (χ0v) is 13.2. The zero-order valence-electron chi connectivity index (χ0n) is 12.5. The molecule has 0 saturated carbocycles. The lowest BCUT2D eigenvalue weighted by Gasteiger charge is -2.39. The molecule has 3 heterocycles. The van der Waals surface area contributed by atoms with Crippen LogP contribution in [-0.2, 0) is 23.7 Å². The molecule has 6 atom stereocenters. The van der Waals surface area contributed by atoms with Gasteiger partial charge >= 0.3 is 0 Å². The molecule has 5 nitrogen and oxygen atoms in total. The van der Waals surface area contributed by atoms with Crippen LogP contribution in [-0.4, -0.2) is 42.4 Å². The fraction of sp³-hybridized carbons (Fsp3) is 0.625. The third-order valence-electron chi connectivity index (χ3n) is 4.20. The number of hydrogen-bond acceptors (Lipinski definition) is 5. The molecule has 0 spiro atoms. The van der Waals surface area contributed by atoms with Crippen LogP contribution in [0.3, 0.4) is 0 Å². The highest BCUT2D eigenvalue weighted by molar-refractivity contribution is 6.18. The molecule has 1 aromatic rings. The second kappa shape index (κ2) is 5.44. The van der Waals surface area contributed by atoms with Gasteiger partial charge < -0.3 is 23.7 Å². The van der Waals surface area contributed by atoms with Crippen LogP contribution in [0.25, 0.3) is 0 Å². The predicted molar refractivity (Wildman–Crippen MR) is 78.3 cm³/mol. The normalized spacial score (nSPS) is 42.9. The highest BCUT2D eigenvalue weighted by Crippen LogP contribution is 2.45. The first-order valence-corrected chi connectivity index (χ1v) is 8.04. The molecule has 1 aromatic carbocycles. The summed E-state index contributed by atoms with van der Waals surface area (Å²) in [4.78, 5) is 0. The summed E-state index contributed by atoms with van der Waals surface area (Å²) < 4.78 is 29.7. The number of ether oxygens (including phenoxy) is 5. The second-order valence-corrected chi connectivity index (χ2v) is 6.55. The van der Waals surface area contributed by atoms with E-state index >= 15 is 0 Å². The lowest BCUT2D eigenvalue weighted by molar-refractivity contribution is -0.305. The summed E-state index contributed by atoms with van der Waals surface area (Å²) in [6.07, 6.45) is -1.96. The van der Waals surface area contributed by atoms with Crippen LogP contribution in [0.4, 0.5) is 0 Å². The van der Waals surface area contributed by atoms with Crippen molar-refractivity contribution < 1.29 is 23.7 Å². The van der Waals surface area contributed by atoms with Gasteiger partial charge in [-0.3, -0.25) is 0 Å². The summed E-state index contributed by atoms with van der Waals surface area (Å²) >= 11 is 6.07. The van der Waals surface area contributed by atoms with Crippen molar-refractivity contribution in [2.75, 3.05) is 5.88 Å². The Kier molecular flexibility index (Phi) is 3.68. The Labute approximate surface area is 134 Å². The van der Waals surface area contributed by atoms with E-state index in [0.717, 1.165) is 5.56 Å². The van der Waals surface area contributed by atoms with Crippen LogP contribution in [0.15, 0.2) is 30.3 Å². The Hall–Kier alpha value is -0.690. The van der Waals surface area contributed by atoms with Crippen LogP contribution < -0.4 is 0 Å². The Morgan fingerprint density at radius 2 is 1.73 bits per heavy atom. The SMILES string of the molecule is CC1(C)O[C@H]2O[C@H]3[C@H](OC(c4ccccc4)O[C@@H]3CCl)[C@H]2O1. The number of fused-ring (bicyclic) bond motifs is 3. The molecule has 3 saturated heterocycles. The summed E-state index contributed by atoms with van der Waals surface area (Å²) in [5.41, 5.74) is 0.956. The first kappa shape index (κ1) is 14.9. The van der Waals surface area contributed by atoms with E-state index in [1.807, 2.05) is 44.2 Å². The second-order valence-electron chi connectivity index (χ2n) is 6.24. The van der Waals surface area contributed by atoms with Crippen molar-refractivity contribution in [2.45, 2.75) is 56.6 Å². The van der Waals surface area contributed by atoms with E-state index in [0.29, 0.717) is 5.88 Å². The van der Waals surface area contributed by atoms with Gasteiger partial charge in [-0.15, -0.1) is 11.6 Å². The van der Waals surface area contributed by atoms with Crippen LogP contribution in [0.2, 0.25) is 0 Å². The van der Waals surface area contributed by atoms with Gasteiger partial charge in [-0.2, -0.15) is 0 Å². The third kappa shape index (κ3) is 2.46. The molecule has 1 unspecified atom stereocenters. The summed E-state index contributed by atoms with van der Waals surface area (Å²) in [5, 5.41) is 0. The maximum atomic E-state index is 6.12. The maximum Gasteiger partial charge on any atom is 0.190 e. The Balaban J connectivity index is 1.59. The highest BCUT2D eigenvalue weighted by Gasteiger charge is 2.59. The molecular formula is C16H19ClO5. The van der Waals surface area contributed by atoms with Crippen molar-refractivity contribution in [3.63, 3.8) is 0 Å². The van der Waals surface area contributed by atoms with E-state index in [1.165, 1.54) is 0 Å². The highest BCUT2D eigenvalue weighted by atomic mass is 35.5. The smallest absolute Gasteiger partial charge is 0.190 e. The van der Waals surface area contributed by atoms with E-state index < -0.39 is 18.4 Å². The van der Waals surface area contributed by atoms with Gasteiger partial charge in [0.15, 0.2) is 18.4 Å². The van der Waals surface area contributed by atoms with Gasteiger partial charge in [-0.25, -0.2) is 0 Å². The van der Waals surface area contributed by atoms with Crippen LogP contribution in [0, 0.1) is 0 Å². The molecule has 22 heavy (non-hydrogen) atoms. The van der Waals surface area contributed by atoms with Crippen molar-refractivity contribution in [3.8, 4) is 0 Å². The topological polar surface area (TPSA) is 46.2 Å². The Morgan fingerprint density at radius 1 is 0.955 bits per heavy atom. The Morgan fingerprint density at radius 3 is 2.45 bits per heavy atom. The molecule has 3 aliphatic rings. The molecular weight excluding hydrogens is 308 g/mol. The largest absolute Gasteiger partial charge is 0.341 e. The summed E-state index contributed by atoms with van der Waals surface area (Å²) in [5.74, 6) is -0.336.